The van der Waals surface area contributed by atoms with Crippen LogP contribution in [0.3, 0.4) is 0 Å². The lowest BCUT2D eigenvalue weighted by Crippen LogP contribution is -2.43. The second kappa shape index (κ2) is 8.24. The number of nitrogens with one attached hydrogen (secondary N) is 1. The van der Waals surface area contributed by atoms with Crippen molar-refractivity contribution in [2.45, 2.75) is 10.3 Å². The fraction of sp³-hybridized carbons (Fsp3) is 0.375. The largest absolute Gasteiger partial charge is 0.379 e. The van der Waals surface area contributed by atoms with Crippen LogP contribution in [0.25, 0.3) is 0 Å². The van der Waals surface area contributed by atoms with Crippen LogP contribution in [-0.2, 0) is 14.8 Å². The molecule has 1 aromatic carbocycles. The number of hydrogen-bond donors (Lipinski definition) is 1. The Kier molecular flexibility index (Phi) is 6.24. The number of sulfonamides is 1. The average molecular weight is 449 g/mol. The summed E-state index contributed by atoms with van der Waals surface area (Å²) in [5, 5.41) is 0. The quantitative estimate of drug-likeness (QED) is 0.737. The molecule has 1 aliphatic rings. The van der Waals surface area contributed by atoms with E-state index >= 15 is 0 Å². The minimum absolute atomic E-state index is 0.178. The fourth-order valence-electron chi connectivity index (χ4n) is 2.73. The van der Waals surface area contributed by atoms with E-state index in [2.05, 4.69) is 25.6 Å². The van der Waals surface area contributed by atoms with Crippen LogP contribution < -0.4 is 4.72 Å². The highest BCUT2D eigenvalue weighted by Crippen LogP contribution is 2.27. The molecule has 9 heteroatoms. The number of morpholine rings is 1. The number of hydrogen-bond acceptors (Lipinski definition) is 5. The Balaban J connectivity index is 1.78. The highest BCUT2D eigenvalue weighted by molar-refractivity contribution is 9.11. The summed E-state index contributed by atoms with van der Waals surface area (Å²) in [5.74, 6) is -0.312. The summed E-state index contributed by atoms with van der Waals surface area (Å²) < 4.78 is 47.3. The monoisotopic (exact) mass is 448 g/mol. The van der Waals surface area contributed by atoms with E-state index in [-0.39, 0.29) is 22.6 Å². The summed E-state index contributed by atoms with van der Waals surface area (Å²) in [6, 6.07) is 9.29. The van der Waals surface area contributed by atoms with Crippen LogP contribution in [0.4, 0.5) is 4.39 Å². The number of thiophene rings is 1. The lowest BCUT2D eigenvalue weighted by Gasteiger charge is -2.34. The molecule has 0 bridgehead atoms. The van der Waals surface area contributed by atoms with Gasteiger partial charge in [0, 0.05) is 25.7 Å². The maximum atomic E-state index is 13.2. The van der Waals surface area contributed by atoms with Gasteiger partial charge >= 0.3 is 0 Å². The Morgan fingerprint density at radius 3 is 2.48 bits per heavy atom. The van der Waals surface area contributed by atoms with Gasteiger partial charge in [0.2, 0.25) is 10.0 Å². The fourth-order valence-corrected chi connectivity index (χ4v) is 5.83. The molecule has 3 rings (SSSR count). The van der Waals surface area contributed by atoms with E-state index in [4.69, 9.17) is 4.74 Å². The zero-order valence-electron chi connectivity index (χ0n) is 13.3. The molecular formula is C16H18BrFN2O3S2. The molecule has 2 heterocycles. The van der Waals surface area contributed by atoms with Crippen molar-refractivity contribution < 1.29 is 17.5 Å². The molecule has 1 aromatic heterocycles. The van der Waals surface area contributed by atoms with Gasteiger partial charge in [-0.3, -0.25) is 4.90 Å². The highest BCUT2D eigenvalue weighted by Gasteiger charge is 2.25. The van der Waals surface area contributed by atoms with Crippen molar-refractivity contribution in [1.82, 2.24) is 9.62 Å². The van der Waals surface area contributed by atoms with E-state index < -0.39 is 10.0 Å². The van der Waals surface area contributed by atoms with Crippen LogP contribution in [-0.4, -0.2) is 46.2 Å². The summed E-state index contributed by atoms with van der Waals surface area (Å²) in [6.45, 7) is 2.82. The van der Waals surface area contributed by atoms with Crippen molar-refractivity contribution >= 4 is 37.3 Å². The van der Waals surface area contributed by atoms with E-state index in [1.165, 1.54) is 12.1 Å². The lowest BCUT2D eigenvalue weighted by molar-refractivity contribution is 0.0172. The number of ether oxygens (including phenoxy) is 1. The molecule has 1 N–H and O–H groups in total. The number of benzene rings is 1. The summed E-state index contributed by atoms with van der Waals surface area (Å²) in [7, 11) is -3.58. The van der Waals surface area contributed by atoms with Gasteiger partial charge in [0.15, 0.2) is 0 Å². The van der Waals surface area contributed by atoms with E-state index in [0.29, 0.717) is 26.3 Å². The van der Waals surface area contributed by atoms with Crippen molar-refractivity contribution in [1.29, 1.82) is 0 Å². The minimum Gasteiger partial charge on any atom is -0.379 e. The number of nitrogens with zero attached hydrogens (tertiary/aromatic N) is 1. The molecular weight excluding hydrogens is 431 g/mol. The third kappa shape index (κ3) is 4.87. The van der Waals surface area contributed by atoms with Gasteiger partial charge in [-0.15, -0.1) is 11.3 Å². The van der Waals surface area contributed by atoms with Crippen LogP contribution >= 0.6 is 27.3 Å². The predicted molar refractivity (Wildman–Crippen MR) is 98.7 cm³/mol. The Morgan fingerprint density at radius 1 is 1.20 bits per heavy atom. The number of rotatable bonds is 6. The molecule has 0 radical (unpaired) electrons. The van der Waals surface area contributed by atoms with E-state index in [0.717, 1.165) is 20.7 Å². The first-order chi connectivity index (χ1) is 12.0. The first-order valence-corrected chi connectivity index (χ1v) is 10.9. The van der Waals surface area contributed by atoms with Gasteiger partial charge in [-0.2, -0.15) is 0 Å². The Morgan fingerprint density at radius 2 is 1.88 bits per heavy atom. The molecule has 0 saturated carbocycles. The zero-order valence-corrected chi connectivity index (χ0v) is 16.5. The molecule has 2 aromatic rings. The van der Waals surface area contributed by atoms with Gasteiger partial charge < -0.3 is 4.74 Å². The van der Waals surface area contributed by atoms with E-state index in [1.807, 2.05) is 0 Å². The molecule has 1 atom stereocenters. The third-order valence-electron chi connectivity index (χ3n) is 4.02. The molecule has 136 valence electrons. The van der Waals surface area contributed by atoms with E-state index in [1.54, 1.807) is 24.3 Å². The summed E-state index contributed by atoms with van der Waals surface area (Å²) >= 11 is 4.44. The third-order valence-corrected chi connectivity index (χ3v) is 7.56. The number of halogens is 2. The van der Waals surface area contributed by atoms with Crippen LogP contribution in [0.1, 0.15) is 11.6 Å². The van der Waals surface area contributed by atoms with Gasteiger partial charge in [-0.1, -0.05) is 12.1 Å². The van der Waals surface area contributed by atoms with Crippen molar-refractivity contribution in [2.24, 2.45) is 0 Å². The first-order valence-electron chi connectivity index (χ1n) is 7.78. The summed E-state index contributed by atoms with van der Waals surface area (Å²) in [4.78, 5) is 2.16. The highest BCUT2D eigenvalue weighted by atomic mass is 79.9. The Labute approximate surface area is 159 Å². The van der Waals surface area contributed by atoms with Crippen LogP contribution in [0.2, 0.25) is 0 Å². The minimum atomic E-state index is -3.58. The zero-order chi connectivity index (χ0) is 17.9. The van der Waals surface area contributed by atoms with Gasteiger partial charge in [0.1, 0.15) is 10.0 Å². The maximum Gasteiger partial charge on any atom is 0.250 e. The first kappa shape index (κ1) is 18.9. The molecule has 1 aliphatic heterocycles. The lowest BCUT2D eigenvalue weighted by atomic mass is 10.0. The average Bonchev–Trinajstić information content (AvgIpc) is 3.05. The molecule has 0 aliphatic carbocycles. The molecule has 1 fully saturated rings. The van der Waals surface area contributed by atoms with Crippen LogP contribution in [0, 0.1) is 5.82 Å². The summed E-state index contributed by atoms with van der Waals surface area (Å²) in [6.07, 6.45) is 0. The van der Waals surface area contributed by atoms with Gasteiger partial charge in [0.05, 0.1) is 17.0 Å². The standard InChI is InChI=1S/C16H18BrFN2O3S2/c17-15-5-6-16(24-15)25(21,22)19-11-14(20-7-9-23-10-8-20)12-1-3-13(18)4-2-12/h1-6,14,19H,7-11H2. The summed E-state index contributed by atoms with van der Waals surface area (Å²) in [5.41, 5.74) is 0.873. The van der Waals surface area contributed by atoms with Gasteiger partial charge in [0.25, 0.3) is 0 Å². The maximum absolute atomic E-state index is 13.2. The molecule has 1 unspecified atom stereocenters. The molecule has 5 nitrogen and oxygen atoms in total. The smallest absolute Gasteiger partial charge is 0.250 e. The second-order valence-corrected chi connectivity index (χ2v) is 10.1. The van der Waals surface area contributed by atoms with Crippen LogP contribution in [0.15, 0.2) is 44.4 Å². The SMILES string of the molecule is O=S(=O)(NCC(c1ccc(F)cc1)N1CCOCC1)c1ccc(Br)s1. The van der Waals surface area contributed by atoms with Crippen LogP contribution in [0.5, 0.6) is 0 Å². The van der Waals surface area contributed by atoms with Crippen molar-refractivity contribution in [3.63, 3.8) is 0 Å². The van der Waals surface area contributed by atoms with E-state index in [9.17, 15) is 12.8 Å². The molecule has 0 spiro atoms. The Hall–Kier alpha value is -0.840. The second-order valence-electron chi connectivity index (χ2n) is 5.63. The van der Waals surface area contributed by atoms with Gasteiger partial charge in [-0.05, 0) is 45.8 Å². The normalized spacial score (nSPS) is 17.5. The van der Waals surface area contributed by atoms with Gasteiger partial charge in [-0.25, -0.2) is 17.5 Å². The molecule has 1 saturated heterocycles. The molecule has 25 heavy (non-hydrogen) atoms. The molecule has 0 amide bonds. The van der Waals surface area contributed by atoms with Crippen molar-refractivity contribution in [2.75, 3.05) is 32.8 Å². The van der Waals surface area contributed by atoms with Crippen molar-refractivity contribution in [3.05, 3.63) is 51.6 Å². The van der Waals surface area contributed by atoms with Crippen molar-refractivity contribution in [3.8, 4) is 0 Å². The predicted octanol–water partition coefficient (Wildman–Crippen LogP) is 3.00. The Bertz CT molecular complexity index is 805. The topological polar surface area (TPSA) is 58.6 Å².